The predicted molar refractivity (Wildman–Crippen MR) is 140 cm³/mol. The summed E-state index contributed by atoms with van der Waals surface area (Å²) in [5.41, 5.74) is 1.21. The molecule has 1 aliphatic rings. The molecule has 1 aromatic heterocycles. The molecule has 1 unspecified atom stereocenters. The number of carbonyl (C=O) groups is 1. The molecule has 2 aromatic carbocycles. The van der Waals surface area contributed by atoms with Gasteiger partial charge >= 0.3 is 5.69 Å². The summed E-state index contributed by atoms with van der Waals surface area (Å²) in [6, 6.07) is 9.65. The number of aromatic amines is 1. The number of aromatic nitrogens is 2. The van der Waals surface area contributed by atoms with Gasteiger partial charge in [-0.05, 0) is 36.6 Å². The molecule has 0 spiro atoms. The van der Waals surface area contributed by atoms with E-state index in [4.69, 9.17) is 16.7 Å². The first-order valence-corrected chi connectivity index (χ1v) is 13.5. The van der Waals surface area contributed by atoms with Crippen LogP contribution in [-0.2, 0) is 0 Å². The van der Waals surface area contributed by atoms with Gasteiger partial charge in [0.15, 0.2) is 0 Å². The molecule has 2 heterocycles. The van der Waals surface area contributed by atoms with E-state index in [1.165, 1.54) is 23.9 Å². The zero-order valence-corrected chi connectivity index (χ0v) is 21.3. The van der Waals surface area contributed by atoms with Gasteiger partial charge < -0.3 is 25.4 Å². The van der Waals surface area contributed by atoms with Crippen LogP contribution in [0, 0.1) is 5.82 Å². The standard InChI is InChI=1S/C25H30ClFN4O4S/c26-17-3-1-16(2-4-17)23(33)15-30-8-5-18(6-9-30)31-22-14-20(27)19(13-21(22)29-25(31)35)24(34)28-7-11-36-12-10-32/h1-4,13-14,18,23,32-33H,5-12,15H2,(H,28,34)(H,29,35). The van der Waals surface area contributed by atoms with E-state index in [2.05, 4.69) is 15.2 Å². The van der Waals surface area contributed by atoms with Crippen LogP contribution >= 0.6 is 23.4 Å². The summed E-state index contributed by atoms with van der Waals surface area (Å²) >= 11 is 7.41. The van der Waals surface area contributed by atoms with Gasteiger partial charge in [-0.3, -0.25) is 9.36 Å². The maximum Gasteiger partial charge on any atom is 0.326 e. The molecule has 1 fully saturated rings. The highest BCUT2D eigenvalue weighted by atomic mass is 35.5. The molecule has 8 nitrogen and oxygen atoms in total. The van der Waals surface area contributed by atoms with E-state index < -0.39 is 17.8 Å². The Morgan fingerprint density at radius 3 is 2.64 bits per heavy atom. The average Bonchev–Trinajstić information content (AvgIpc) is 3.18. The number of carbonyl (C=O) groups excluding carboxylic acids is 1. The molecule has 0 aliphatic carbocycles. The van der Waals surface area contributed by atoms with Crippen LogP contribution < -0.4 is 11.0 Å². The van der Waals surface area contributed by atoms with Crippen molar-refractivity contribution < 1.29 is 19.4 Å². The highest BCUT2D eigenvalue weighted by Gasteiger charge is 2.26. The van der Waals surface area contributed by atoms with Gasteiger partial charge in [0.25, 0.3) is 5.91 Å². The third-order valence-corrected chi connectivity index (χ3v) is 7.64. The molecule has 11 heteroatoms. The first kappa shape index (κ1) is 26.7. The van der Waals surface area contributed by atoms with E-state index in [1.807, 2.05) is 12.1 Å². The number of likely N-dealkylation sites (tertiary alicyclic amines) is 1. The van der Waals surface area contributed by atoms with Crippen LogP contribution in [-0.4, -0.2) is 74.9 Å². The number of amides is 1. The summed E-state index contributed by atoms with van der Waals surface area (Å²) in [6.07, 6.45) is 0.715. The number of aliphatic hydroxyl groups is 2. The molecule has 1 aliphatic heterocycles. The number of β-amino-alcohol motifs (C(OH)–C–C–N with tert-alkyl or cyclic N) is 1. The molecule has 3 aromatic rings. The quantitative estimate of drug-likeness (QED) is 0.297. The molecular formula is C25H30ClFN4O4S. The van der Waals surface area contributed by atoms with Crippen LogP contribution in [0.25, 0.3) is 11.0 Å². The molecule has 4 N–H and O–H groups in total. The molecule has 4 rings (SSSR count). The third kappa shape index (κ3) is 6.30. The average molecular weight is 537 g/mol. The zero-order valence-electron chi connectivity index (χ0n) is 19.8. The van der Waals surface area contributed by atoms with E-state index in [9.17, 15) is 19.1 Å². The second-order valence-corrected chi connectivity index (χ2v) is 10.5. The number of benzene rings is 2. The molecule has 0 saturated carbocycles. The molecule has 1 saturated heterocycles. The number of nitrogens with one attached hydrogen (secondary N) is 2. The Hall–Kier alpha value is -2.37. The van der Waals surface area contributed by atoms with E-state index in [0.29, 0.717) is 66.6 Å². The van der Waals surface area contributed by atoms with Gasteiger partial charge in [0.1, 0.15) is 5.82 Å². The number of rotatable bonds is 10. The fourth-order valence-corrected chi connectivity index (χ4v) is 5.28. The Balaban J connectivity index is 1.40. The number of fused-ring (bicyclic) bond motifs is 1. The summed E-state index contributed by atoms with van der Waals surface area (Å²) in [6.45, 7) is 2.27. The van der Waals surface area contributed by atoms with Crippen LogP contribution in [0.1, 0.15) is 40.9 Å². The summed E-state index contributed by atoms with van der Waals surface area (Å²) < 4.78 is 16.5. The minimum absolute atomic E-state index is 0.0681. The van der Waals surface area contributed by atoms with Gasteiger partial charge in [-0.2, -0.15) is 11.8 Å². The lowest BCUT2D eigenvalue weighted by Gasteiger charge is -2.33. The molecule has 1 atom stereocenters. The SMILES string of the molecule is O=C(NCCSCCO)c1cc2[nH]c(=O)n(C3CCN(CC(O)c4ccc(Cl)cc4)CC3)c2cc1F. The number of nitrogens with zero attached hydrogens (tertiary/aromatic N) is 2. The Morgan fingerprint density at radius 2 is 1.94 bits per heavy atom. The number of H-pyrrole nitrogens is 1. The third-order valence-electron chi connectivity index (χ3n) is 6.43. The van der Waals surface area contributed by atoms with Gasteiger partial charge in [0.2, 0.25) is 0 Å². The van der Waals surface area contributed by atoms with Crippen LogP contribution in [0.15, 0.2) is 41.2 Å². The van der Waals surface area contributed by atoms with E-state index in [0.717, 1.165) is 5.56 Å². The fourth-order valence-electron chi connectivity index (χ4n) is 4.58. The molecule has 0 radical (unpaired) electrons. The minimum atomic E-state index is -0.681. The van der Waals surface area contributed by atoms with Crippen LogP contribution in [0.4, 0.5) is 4.39 Å². The monoisotopic (exact) mass is 536 g/mol. The second-order valence-electron chi connectivity index (χ2n) is 8.84. The Kier molecular flexibility index (Phi) is 9.08. The van der Waals surface area contributed by atoms with Gasteiger partial charge in [-0.15, -0.1) is 0 Å². The van der Waals surface area contributed by atoms with Gasteiger partial charge in [-0.1, -0.05) is 23.7 Å². The van der Waals surface area contributed by atoms with Crippen molar-refractivity contribution in [3.05, 3.63) is 68.8 Å². The predicted octanol–water partition coefficient (Wildman–Crippen LogP) is 2.95. The largest absolute Gasteiger partial charge is 0.396 e. The van der Waals surface area contributed by atoms with Crippen molar-refractivity contribution >= 4 is 40.3 Å². The highest BCUT2D eigenvalue weighted by molar-refractivity contribution is 7.99. The maximum absolute atomic E-state index is 14.9. The number of thioether (sulfide) groups is 1. The first-order valence-electron chi connectivity index (χ1n) is 11.9. The summed E-state index contributed by atoms with van der Waals surface area (Å²) in [5.74, 6) is -0.0366. The maximum atomic E-state index is 14.9. The number of aliphatic hydroxyl groups excluding tert-OH is 2. The van der Waals surface area contributed by atoms with Crippen molar-refractivity contribution in [3.8, 4) is 0 Å². The fraction of sp³-hybridized carbons (Fsp3) is 0.440. The second kappa shape index (κ2) is 12.2. The van der Waals surface area contributed by atoms with E-state index in [-0.39, 0.29) is 23.9 Å². The van der Waals surface area contributed by atoms with Gasteiger partial charge in [0, 0.05) is 54.8 Å². The number of halogens is 2. The summed E-state index contributed by atoms with van der Waals surface area (Å²) in [7, 11) is 0. The Labute approximate surface area is 217 Å². The normalized spacial score (nSPS) is 15.9. The molecule has 194 valence electrons. The molecule has 36 heavy (non-hydrogen) atoms. The highest BCUT2D eigenvalue weighted by Crippen LogP contribution is 2.27. The van der Waals surface area contributed by atoms with E-state index >= 15 is 0 Å². The van der Waals surface area contributed by atoms with Crippen molar-refractivity contribution in [1.29, 1.82) is 0 Å². The lowest BCUT2D eigenvalue weighted by atomic mass is 10.0. The Bertz CT molecular complexity index is 1240. The lowest BCUT2D eigenvalue weighted by Crippen LogP contribution is -2.39. The smallest absolute Gasteiger partial charge is 0.326 e. The molecule has 1 amide bonds. The number of imidazole rings is 1. The van der Waals surface area contributed by atoms with Crippen molar-refractivity contribution in [1.82, 2.24) is 19.8 Å². The zero-order chi connectivity index (χ0) is 25.7. The number of piperidine rings is 1. The summed E-state index contributed by atoms with van der Waals surface area (Å²) in [4.78, 5) is 30.1. The number of hydrogen-bond acceptors (Lipinski definition) is 6. The number of hydrogen-bond donors (Lipinski definition) is 4. The molecule has 0 bridgehead atoms. The molecular weight excluding hydrogens is 507 g/mol. The van der Waals surface area contributed by atoms with Crippen LogP contribution in [0.3, 0.4) is 0 Å². The first-order chi connectivity index (χ1) is 17.4. The van der Waals surface area contributed by atoms with Crippen LogP contribution in [0.5, 0.6) is 0 Å². The minimum Gasteiger partial charge on any atom is -0.396 e. The topological polar surface area (TPSA) is 111 Å². The Morgan fingerprint density at radius 1 is 1.22 bits per heavy atom. The van der Waals surface area contributed by atoms with Crippen molar-refractivity contribution in [2.75, 3.05) is 44.3 Å². The van der Waals surface area contributed by atoms with Crippen molar-refractivity contribution in [3.63, 3.8) is 0 Å². The van der Waals surface area contributed by atoms with Crippen molar-refractivity contribution in [2.24, 2.45) is 0 Å². The van der Waals surface area contributed by atoms with E-state index in [1.54, 1.807) is 16.7 Å². The van der Waals surface area contributed by atoms with Crippen molar-refractivity contribution in [2.45, 2.75) is 25.0 Å². The summed E-state index contributed by atoms with van der Waals surface area (Å²) in [5, 5.41) is 22.7. The lowest BCUT2D eigenvalue weighted by molar-refractivity contribution is 0.0906. The van der Waals surface area contributed by atoms with Crippen LogP contribution in [0.2, 0.25) is 5.02 Å². The van der Waals surface area contributed by atoms with Gasteiger partial charge in [-0.25, -0.2) is 9.18 Å². The van der Waals surface area contributed by atoms with Gasteiger partial charge in [0.05, 0.1) is 29.3 Å².